The smallest absolute Gasteiger partial charge is 0.269 e. The Hall–Kier alpha value is -4.54. The molecule has 1 N–H and O–H groups in total. The van der Waals surface area contributed by atoms with Crippen LogP contribution in [-0.4, -0.2) is 24.6 Å². The number of hydrogen-bond acceptors (Lipinski definition) is 6. The number of benzene rings is 2. The van der Waals surface area contributed by atoms with Crippen LogP contribution >= 0.6 is 24.0 Å². The van der Waals surface area contributed by atoms with E-state index in [0.29, 0.717) is 11.7 Å². The summed E-state index contributed by atoms with van der Waals surface area (Å²) in [6.45, 7) is 0.639. The first kappa shape index (κ1) is 25.7. The van der Waals surface area contributed by atoms with E-state index < -0.39 is 4.92 Å². The second-order valence-corrected chi connectivity index (χ2v) is 10.8. The molecule has 2 aromatic carbocycles. The lowest BCUT2D eigenvalue weighted by molar-refractivity contribution is -0.384. The summed E-state index contributed by atoms with van der Waals surface area (Å²) in [5, 5.41) is 15.1. The molecule has 1 aliphatic heterocycles. The standard InChI is InChI=1S/C30H24N6O2S2/c37-36(38)23-11-15-25(16-12-23)40-24-13-9-22(10-14-24)35-29(28(33-30(35)39)26-7-2-4-18-32-26)27-8-5-19-34(27)20-21-6-1-3-17-31-21/h1-19,28-29H,20H2,(H,33,39)/t28-,29+/m1/s1. The van der Waals surface area contributed by atoms with Crippen LogP contribution in [0.25, 0.3) is 0 Å². The van der Waals surface area contributed by atoms with E-state index in [0.717, 1.165) is 32.6 Å². The van der Waals surface area contributed by atoms with Crippen LogP contribution in [0, 0.1) is 10.1 Å². The van der Waals surface area contributed by atoms with Gasteiger partial charge in [-0.25, -0.2) is 0 Å². The number of thiocarbonyl (C=S) groups is 1. The first-order valence-corrected chi connectivity index (χ1v) is 13.9. The van der Waals surface area contributed by atoms with Crippen LogP contribution in [-0.2, 0) is 6.54 Å². The maximum Gasteiger partial charge on any atom is 0.269 e. The van der Waals surface area contributed by atoms with Gasteiger partial charge >= 0.3 is 0 Å². The summed E-state index contributed by atoms with van der Waals surface area (Å²) in [5.41, 5.74) is 4.02. The van der Waals surface area contributed by atoms with Crippen molar-refractivity contribution in [3.63, 3.8) is 0 Å². The number of anilines is 1. The topological polar surface area (TPSA) is 89.1 Å². The van der Waals surface area contributed by atoms with E-state index in [1.165, 1.54) is 12.1 Å². The lowest BCUT2D eigenvalue weighted by atomic mass is 10.0. The summed E-state index contributed by atoms with van der Waals surface area (Å²) in [6.07, 6.45) is 5.68. The van der Waals surface area contributed by atoms with Gasteiger partial charge in [0.25, 0.3) is 5.69 Å². The molecule has 3 aromatic heterocycles. The predicted molar refractivity (Wildman–Crippen MR) is 159 cm³/mol. The quantitative estimate of drug-likeness (QED) is 0.129. The van der Waals surface area contributed by atoms with Gasteiger partial charge in [0.05, 0.1) is 28.9 Å². The second kappa shape index (κ2) is 11.3. The highest BCUT2D eigenvalue weighted by atomic mass is 32.2. The SMILES string of the molecule is O=[N+]([O-])c1ccc(Sc2ccc(N3C(=S)N[C@H](c4ccccn4)[C@@H]3c3cccn3Cc3ccccn3)cc2)cc1. The van der Waals surface area contributed by atoms with Gasteiger partial charge in [0.2, 0.25) is 0 Å². The fourth-order valence-electron chi connectivity index (χ4n) is 4.89. The molecule has 1 fully saturated rings. The van der Waals surface area contributed by atoms with Gasteiger partial charge in [-0.3, -0.25) is 20.1 Å². The number of nitrogens with one attached hydrogen (secondary N) is 1. The van der Waals surface area contributed by atoms with Crippen LogP contribution in [0.4, 0.5) is 11.4 Å². The van der Waals surface area contributed by atoms with Crippen molar-refractivity contribution >= 4 is 40.5 Å². The molecule has 6 rings (SSSR count). The second-order valence-electron chi connectivity index (χ2n) is 9.23. The Labute approximate surface area is 240 Å². The molecule has 0 amide bonds. The molecule has 10 heteroatoms. The highest BCUT2D eigenvalue weighted by Gasteiger charge is 2.42. The molecule has 198 valence electrons. The van der Waals surface area contributed by atoms with E-state index in [9.17, 15) is 10.1 Å². The highest BCUT2D eigenvalue weighted by Crippen LogP contribution is 2.42. The average Bonchev–Trinajstić information content (AvgIpc) is 3.58. The number of nitrogens with zero attached hydrogens (tertiary/aromatic N) is 5. The Morgan fingerprint density at radius 2 is 1.57 bits per heavy atom. The zero-order valence-electron chi connectivity index (χ0n) is 21.2. The maximum atomic E-state index is 11.0. The number of non-ortho nitro benzene ring substituents is 1. The minimum absolute atomic E-state index is 0.0797. The molecule has 0 aliphatic carbocycles. The average molecular weight is 565 g/mol. The van der Waals surface area contributed by atoms with E-state index in [1.807, 2.05) is 54.7 Å². The molecule has 5 aromatic rings. The zero-order chi connectivity index (χ0) is 27.5. The fraction of sp³-hybridized carbons (Fsp3) is 0.100. The summed E-state index contributed by atoms with van der Waals surface area (Å²) in [6, 6.07) is 30.5. The van der Waals surface area contributed by atoms with Gasteiger partial charge < -0.3 is 14.8 Å². The van der Waals surface area contributed by atoms with Crippen molar-refractivity contribution in [1.29, 1.82) is 0 Å². The Kier molecular flexibility index (Phi) is 7.26. The molecule has 1 saturated heterocycles. The first-order valence-electron chi connectivity index (χ1n) is 12.6. The van der Waals surface area contributed by atoms with Crippen molar-refractivity contribution in [3.8, 4) is 0 Å². The summed E-state index contributed by atoms with van der Waals surface area (Å²) in [7, 11) is 0. The zero-order valence-corrected chi connectivity index (χ0v) is 22.8. The molecular formula is C30H24N6O2S2. The predicted octanol–water partition coefficient (Wildman–Crippen LogP) is 6.56. The first-order chi connectivity index (χ1) is 19.6. The Bertz CT molecular complexity index is 1630. The molecule has 0 radical (unpaired) electrons. The molecule has 0 bridgehead atoms. The van der Waals surface area contributed by atoms with Crippen molar-refractivity contribution in [2.75, 3.05) is 4.90 Å². The third-order valence-electron chi connectivity index (χ3n) is 6.72. The van der Waals surface area contributed by atoms with Crippen LogP contribution in [0.2, 0.25) is 0 Å². The molecular weight excluding hydrogens is 541 g/mol. The molecule has 1 aliphatic rings. The summed E-state index contributed by atoms with van der Waals surface area (Å²) >= 11 is 7.45. The highest BCUT2D eigenvalue weighted by molar-refractivity contribution is 7.99. The summed E-state index contributed by atoms with van der Waals surface area (Å²) in [4.78, 5) is 23.9. The lowest BCUT2D eigenvalue weighted by Crippen LogP contribution is -2.30. The van der Waals surface area contributed by atoms with Crippen LogP contribution in [0.1, 0.15) is 29.2 Å². The molecule has 4 heterocycles. The molecule has 2 atom stereocenters. The van der Waals surface area contributed by atoms with Crippen molar-refractivity contribution in [1.82, 2.24) is 19.9 Å². The van der Waals surface area contributed by atoms with Gasteiger partial charge in [-0.15, -0.1) is 0 Å². The number of rotatable bonds is 8. The van der Waals surface area contributed by atoms with Crippen molar-refractivity contribution in [2.45, 2.75) is 28.4 Å². The fourth-order valence-corrected chi connectivity index (χ4v) is 6.05. The van der Waals surface area contributed by atoms with E-state index in [4.69, 9.17) is 12.2 Å². The van der Waals surface area contributed by atoms with Gasteiger partial charge in [0, 0.05) is 51.9 Å². The molecule has 0 unspecified atom stereocenters. The number of hydrogen-bond donors (Lipinski definition) is 1. The summed E-state index contributed by atoms with van der Waals surface area (Å²) < 4.78 is 2.21. The van der Waals surface area contributed by atoms with Gasteiger partial charge in [-0.05, 0) is 85.0 Å². The van der Waals surface area contributed by atoms with E-state index >= 15 is 0 Å². The lowest BCUT2D eigenvalue weighted by Gasteiger charge is -2.29. The van der Waals surface area contributed by atoms with Crippen LogP contribution in [0.15, 0.2) is 125 Å². The van der Waals surface area contributed by atoms with Gasteiger partial charge in [-0.1, -0.05) is 23.9 Å². The van der Waals surface area contributed by atoms with Crippen LogP contribution < -0.4 is 10.2 Å². The third-order valence-corrected chi connectivity index (χ3v) is 8.05. The number of nitro benzene ring substituents is 1. The maximum absolute atomic E-state index is 11.0. The van der Waals surface area contributed by atoms with Crippen molar-refractivity contribution in [3.05, 3.63) is 143 Å². The van der Waals surface area contributed by atoms with Gasteiger partial charge in [0.15, 0.2) is 5.11 Å². The minimum Gasteiger partial charge on any atom is -0.351 e. The Morgan fingerprint density at radius 1 is 0.875 bits per heavy atom. The molecule has 0 saturated carbocycles. The van der Waals surface area contributed by atoms with E-state index in [-0.39, 0.29) is 17.8 Å². The van der Waals surface area contributed by atoms with Crippen molar-refractivity contribution in [2.24, 2.45) is 0 Å². The molecule has 8 nitrogen and oxygen atoms in total. The third kappa shape index (κ3) is 5.31. The van der Waals surface area contributed by atoms with Gasteiger partial charge in [-0.2, -0.15) is 0 Å². The molecule has 0 spiro atoms. The monoisotopic (exact) mass is 564 g/mol. The Morgan fingerprint density at radius 3 is 2.23 bits per heavy atom. The largest absolute Gasteiger partial charge is 0.351 e. The van der Waals surface area contributed by atoms with Crippen LogP contribution in [0.5, 0.6) is 0 Å². The number of nitro groups is 1. The van der Waals surface area contributed by atoms with E-state index in [2.05, 4.69) is 55.2 Å². The Balaban J connectivity index is 1.32. The summed E-state index contributed by atoms with van der Waals surface area (Å²) in [5.74, 6) is 0. The molecule has 40 heavy (non-hydrogen) atoms. The van der Waals surface area contributed by atoms with Gasteiger partial charge in [0.1, 0.15) is 6.04 Å². The van der Waals surface area contributed by atoms with Crippen LogP contribution in [0.3, 0.4) is 0 Å². The number of pyridine rings is 2. The van der Waals surface area contributed by atoms with E-state index in [1.54, 1.807) is 30.1 Å². The normalized spacial score (nSPS) is 16.6. The van der Waals surface area contributed by atoms with Crippen molar-refractivity contribution < 1.29 is 4.92 Å². The number of aromatic nitrogens is 3. The minimum atomic E-state index is -0.391.